The molecule has 0 amide bonds. The van der Waals surface area contributed by atoms with Crippen LogP contribution in [0.25, 0.3) is 11.2 Å². The summed E-state index contributed by atoms with van der Waals surface area (Å²) in [6.07, 6.45) is -0.438. The van der Waals surface area contributed by atoms with Crippen LogP contribution in [0.5, 0.6) is 0 Å². The van der Waals surface area contributed by atoms with E-state index < -0.39 is 32.3 Å². The van der Waals surface area contributed by atoms with Crippen molar-refractivity contribution in [2.75, 3.05) is 26.4 Å². The molecule has 2 aromatic heterocycles. The SMILES string of the molecule is CN(C)P1(=O)OC[C@H]2O[C@@H](n3cnc4c(N)ncnc43)[C@H](O)[C@@H]2O1. The Morgan fingerprint density at radius 1 is 1.42 bits per heavy atom. The average molecular weight is 356 g/mol. The number of rotatable bonds is 2. The van der Waals surface area contributed by atoms with Crippen LogP contribution in [0.1, 0.15) is 6.23 Å². The third kappa shape index (κ3) is 2.25. The van der Waals surface area contributed by atoms with Crippen LogP contribution in [-0.2, 0) is 18.3 Å². The molecule has 1 unspecified atom stereocenters. The molecule has 0 aromatic carbocycles. The van der Waals surface area contributed by atoms with Crippen LogP contribution in [0, 0.1) is 0 Å². The first kappa shape index (κ1) is 15.9. The van der Waals surface area contributed by atoms with E-state index in [2.05, 4.69) is 15.0 Å². The van der Waals surface area contributed by atoms with E-state index in [1.807, 2.05) is 0 Å². The Bertz CT molecular complexity index is 827. The normalized spacial score (nSPS) is 36.3. The molecule has 2 aliphatic rings. The Labute approximate surface area is 136 Å². The van der Waals surface area contributed by atoms with Crippen LogP contribution in [0.15, 0.2) is 12.7 Å². The van der Waals surface area contributed by atoms with Crippen molar-refractivity contribution in [1.29, 1.82) is 0 Å². The van der Waals surface area contributed by atoms with E-state index in [1.165, 1.54) is 17.3 Å². The lowest BCUT2D eigenvalue weighted by Gasteiger charge is -2.34. The van der Waals surface area contributed by atoms with Crippen LogP contribution in [0.4, 0.5) is 5.82 Å². The molecule has 11 nitrogen and oxygen atoms in total. The maximum absolute atomic E-state index is 12.5. The number of fused-ring (bicyclic) bond motifs is 2. The van der Waals surface area contributed by atoms with Gasteiger partial charge < -0.3 is 15.6 Å². The Balaban J connectivity index is 1.67. The smallest absolute Gasteiger partial charge is 0.386 e. The molecule has 0 bridgehead atoms. The van der Waals surface area contributed by atoms with Gasteiger partial charge in [-0.2, -0.15) is 0 Å². The van der Waals surface area contributed by atoms with Crippen molar-refractivity contribution in [2.24, 2.45) is 0 Å². The third-order valence-corrected chi connectivity index (χ3v) is 6.08. The minimum absolute atomic E-state index is 0.0530. The lowest BCUT2D eigenvalue weighted by Crippen LogP contribution is -2.41. The molecule has 0 radical (unpaired) electrons. The van der Waals surface area contributed by atoms with Gasteiger partial charge in [0.1, 0.15) is 30.2 Å². The van der Waals surface area contributed by atoms with Crippen molar-refractivity contribution in [1.82, 2.24) is 24.2 Å². The highest BCUT2D eigenvalue weighted by Gasteiger charge is 2.53. The maximum atomic E-state index is 12.5. The summed E-state index contributed by atoms with van der Waals surface area (Å²) in [6, 6.07) is 0. The summed E-state index contributed by atoms with van der Waals surface area (Å²) in [5.74, 6) is 0.236. The van der Waals surface area contributed by atoms with E-state index in [1.54, 1.807) is 18.7 Å². The van der Waals surface area contributed by atoms with Crippen molar-refractivity contribution >= 4 is 24.7 Å². The van der Waals surface area contributed by atoms with E-state index in [0.717, 1.165) is 0 Å². The average Bonchev–Trinajstić information content (AvgIpc) is 3.10. The van der Waals surface area contributed by atoms with E-state index in [9.17, 15) is 9.67 Å². The molecular weight excluding hydrogens is 339 g/mol. The monoisotopic (exact) mass is 356 g/mol. The van der Waals surface area contributed by atoms with Gasteiger partial charge in [0, 0.05) is 0 Å². The highest BCUT2D eigenvalue weighted by Crippen LogP contribution is 2.57. The van der Waals surface area contributed by atoms with Gasteiger partial charge in [-0.25, -0.2) is 24.2 Å². The minimum Gasteiger partial charge on any atom is -0.386 e. The summed E-state index contributed by atoms with van der Waals surface area (Å²) >= 11 is 0. The standard InChI is InChI=1S/C12H17N6O5P/c1-17(2)24(20)21-3-6-9(23-24)8(19)12(22-6)18-5-16-7-10(13)14-4-15-11(7)18/h4-6,8-9,12,19H,3H2,1-2H3,(H2,13,14,15)/t6-,8-,9-,12-,24?/m1/s1. The molecule has 2 aromatic rings. The molecule has 0 aliphatic carbocycles. The number of aromatic nitrogens is 4. The van der Waals surface area contributed by atoms with E-state index >= 15 is 0 Å². The first-order valence-corrected chi connectivity index (χ1v) is 8.77. The Kier molecular flexibility index (Phi) is 3.60. The Hall–Kier alpha value is -1.62. The molecule has 3 N–H and O–H groups in total. The molecule has 2 fully saturated rings. The molecule has 5 atom stereocenters. The third-order valence-electron chi connectivity index (χ3n) is 4.12. The molecule has 12 heteroatoms. The zero-order valence-corrected chi connectivity index (χ0v) is 13.9. The van der Waals surface area contributed by atoms with Gasteiger partial charge in [0.25, 0.3) is 0 Å². The van der Waals surface area contributed by atoms with Gasteiger partial charge in [-0.15, -0.1) is 0 Å². The molecular formula is C12H17N6O5P. The highest BCUT2D eigenvalue weighted by atomic mass is 31.2. The van der Waals surface area contributed by atoms with Gasteiger partial charge in [0.05, 0.1) is 12.9 Å². The zero-order chi connectivity index (χ0) is 17.1. The van der Waals surface area contributed by atoms with Crippen LogP contribution in [0.3, 0.4) is 0 Å². The second-order valence-electron chi connectivity index (χ2n) is 5.82. The number of anilines is 1. The van der Waals surface area contributed by atoms with Gasteiger partial charge >= 0.3 is 7.75 Å². The van der Waals surface area contributed by atoms with Gasteiger partial charge in [0.15, 0.2) is 17.7 Å². The molecule has 0 spiro atoms. The zero-order valence-electron chi connectivity index (χ0n) is 13.0. The number of nitrogens with zero attached hydrogens (tertiary/aromatic N) is 5. The van der Waals surface area contributed by atoms with Crippen molar-refractivity contribution in [3.63, 3.8) is 0 Å². The van der Waals surface area contributed by atoms with Gasteiger partial charge in [-0.05, 0) is 14.1 Å². The quantitative estimate of drug-likeness (QED) is 0.693. The summed E-state index contributed by atoms with van der Waals surface area (Å²) in [6.45, 7) is 0.0530. The Morgan fingerprint density at radius 3 is 2.96 bits per heavy atom. The van der Waals surface area contributed by atoms with Crippen molar-refractivity contribution in [3.05, 3.63) is 12.7 Å². The van der Waals surface area contributed by atoms with Crippen molar-refractivity contribution in [3.8, 4) is 0 Å². The number of nitrogen functional groups attached to an aromatic ring is 1. The molecule has 4 rings (SSSR count). The summed E-state index contributed by atoms with van der Waals surface area (Å²) in [5, 5.41) is 10.6. The number of nitrogens with two attached hydrogens (primary N) is 1. The van der Waals surface area contributed by atoms with Crippen LogP contribution < -0.4 is 5.73 Å². The lowest BCUT2D eigenvalue weighted by molar-refractivity contribution is -0.0626. The predicted molar refractivity (Wildman–Crippen MR) is 81.8 cm³/mol. The number of aliphatic hydroxyl groups excluding tert-OH is 1. The fourth-order valence-corrected chi connectivity index (χ4v) is 4.22. The summed E-state index contributed by atoms with van der Waals surface area (Å²) in [7, 11) is -0.255. The van der Waals surface area contributed by atoms with Gasteiger partial charge in [0.2, 0.25) is 0 Å². The highest BCUT2D eigenvalue weighted by molar-refractivity contribution is 7.51. The van der Waals surface area contributed by atoms with E-state index in [4.69, 9.17) is 19.5 Å². The van der Waals surface area contributed by atoms with Crippen molar-refractivity contribution < 1.29 is 23.5 Å². The molecule has 24 heavy (non-hydrogen) atoms. The molecule has 4 heterocycles. The molecule has 2 aliphatic heterocycles. The van der Waals surface area contributed by atoms with E-state index in [0.29, 0.717) is 11.2 Å². The molecule has 2 saturated heterocycles. The first-order valence-electron chi connectivity index (χ1n) is 7.28. The fourth-order valence-electron chi connectivity index (χ4n) is 2.83. The summed E-state index contributed by atoms with van der Waals surface area (Å²) in [5.41, 5.74) is 6.62. The second-order valence-corrected chi connectivity index (χ2v) is 8.03. The largest absolute Gasteiger partial charge is 0.408 e. The lowest BCUT2D eigenvalue weighted by atomic mass is 10.1. The number of ether oxygens (including phenoxy) is 1. The summed E-state index contributed by atoms with van der Waals surface area (Å²) in [4.78, 5) is 12.2. The maximum Gasteiger partial charge on any atom is 0.408 e. The Morgan fingerprint density at radius 2 is 2.21 bits per heavy atom. The van der Waals surface area contributed by atoms with Gasteiger partial charge in [-0.3, -0.25) is 13.6 Å². The van der Waals surface area contributed by atoms with Gasteiger partial charge in [-0.1, -0.05) is 0 Å². The predicted octanol–water partition coefficient (Wildman–Crippen LogP) is -0.248. The van der Waals surface area contributed by atoms with Crippen LogP contribution in [0.2, 0.25) is 0 Å². The molecule has 0 saturated carbocycles. The number of hydrogen-bond acceptors (Lipinski definition) is 9. The fraction of sp³-hybridized carbons (Fsp3) is 0.583. The molecule has 130 valence electrons. The van der Waals surface area contributed by atoms with Crippen LogP contribution in [-0.4, -0.2) is 68.3 Å². The number of hydrogen-bond donors (Lipinski definition) is 2. The topological polar surface area (TPSA) is 138 Å². The summed E-state index contributed by atoms with van der Waals surface area (Å²) < 4.78 is 32.1. The number of aliphatic hydroxyl groups is 1. The van der Waals surface area contributed by atoms with Crippen LogP contribution >= 0.6 is 7.75 Å². The first-order chi connectivity index (χ1) is 11.4. The second kappa shape index (κ2) is 5.45. The number of imidazole rings is 1. The van der Waals surface area contributed by atoms with Crippen molar-refractivity contribution in [2.45, 2.75) is 24.5 Å². The minimum atomic E-state index is -3.43. The van der Waals surface area contributed by atoms with E-state index in [-0.39, 0.29) is 12.4 Å².